The highest BCUT2D eigenvalue weighted by Gasteiger charge is 2.26. The molecule has 0 radical (unpaired) electrons. The number of halogens is 1. The highest BCUT2D eigenvalue weighted by atomic mass is 35.7. The van der Waals surface area contributed by atoms with E-state index in [0.717, 1.165) is 31.7 Å². The normalized spacial score (nSPS) is 17.0. The summed E-state index contributed by atoms with van der Waals surface area (Å²) in [6.45, 7) is 1.43. The van der Waals surface area contributed by atoms with Gasteiger partial charge in [0.05, 0.1) is 0 Å². The molecule has 0 atom stereocenters. The van der Waals surface area contributed by atoms with Crippen LogP contribution in [0.3, 0.4) is 0 Å². The minimum Gasteiger partial charge on any atom is -0.457 e. The van der Waals surface area contributed by atoms with Crippen molar-refractivity contribution in [3.63, 3.8) is 0 Å². The van der Waals surface area contributed by atoms with E-state index in [0.29, 0.717) is 0 Å². The largest absolute Gasteiger partial charge is 0.457 e. The monoisotopic (exact) mass is 292 g/mol. The van der Waals surface area contributed by atoms with E-state index in [9.17, 15) is 13.2 Å². The van der Waals surface area contributed by atoms with Gasteiger partial charge in [0.1, 0.15) is 16.8 Å². The summed E-state index contributed by atoms with van der Waals surface area (Å²) in [7, 11) is 1.31. The van der Waals surface area contributed by atoms with Crippen molar-refractivity contribution in [3.05, 3.63) is 17.6 Å². The maximum atomic E-state index is 11.7. The molecule has 0 N–H and O–H groups in total. The Labute approximate surface area is 109 Å². The van der Waals surface area contributed by atoms with Crippen molar-refractivity contribution in [1.82, 2.24) is 0 Å². The molecule has 7 heteroatoms. The van der Waals surface area contributed by atoms with Crippen LogP contribution in [0.15, 0.2) is 15.4 Å². The molecule has 2 rings (SSSR count). The van der Waals surface area contributed by atoms with Gasteiger partial charge in [-0.25, -0.2) is 13.2 Å². The van der Waals surface area contributed by atoms with Crippen LogP contribution >= 0.6 is 10.7 Å². The van der Waals surface area contributed by atoms with E-state index in [1.54, 1.807) is 0 Å². The van der Waals surface area contributed by atoms with Gasteiger partial charge in [0.2, 0.25) is 5.76 Å². The van der Waals surface area contributed by atoms with Gasteiger partial charge in [-0.2, -0.15) is 0 Å². The molecule has 1 saturated carbocycles. The smallest absolute Gasteiger partial charge is 0.374 e. The highest BCUT2D eigenvalue weighted by Crippen LogP contribution is 2.26. The zero-order chi connectivity index (χ0) is 13.3. The number of ether oxygens (including phenoxy) is 1. The first-order chi connectivity index (χ1) is 8.38. The molecule has 0 bridgehead atoms. The standard InChI is InChI=1S/C11H13ClO5S/c1-7-10(18(12,14)15)6-9(16-7)11(13)17-8-4-2-3-5-8/h6,8H,2-5H2,1H3. The van der Waals surface area contributed by atoms with E-state index < -0.39 is 15.0 Å². The summed E-state index contributed by atoms with van der Waals surface area (Å²) in [6.07, 6.45) is 3.66. The number of rotatable bonds is 3. The Bertz CT molecular complexity index is 554. The molecular weight excluding hydrogens is 280 g/mol. The van der Waals surface area contributed by atoms with Crippen molar-refractivity contribution in [2.24, 2.45) is 0 Å². The summed E-state index contributed by atoms with van der Waals surface area (Å²) in [6, 6.07) is 1.11. The van der Waals surface area contributed by atoms with E-state index in [4.69, 9.17) is 19.8 Å². The Morgan fingerprint density at radius 3 is 2.56 bits per heavy atom. The predicted octanol–water partition coefficient (Wildman–Crippen LogP) is 2.61. The van der Waals surface area contributed by atoms with Crippen molar-refractivity contribution in [2.75, 3.05) is 0 Å². The number of hydrogen-bond donors (Lipinski definition) is 0. The van der Waals surface area contributed by atoms with Gasteiger partial charge in [0.15, 0.2) is 0 Å². The van der Waals surface area contributed by atoms with E-state index in [1.165, 1.54) is 6.92 Å². The van der Waals surface area contributed by atoms with Gasteiger partial charge in [-0.3, -0.25) is 0 Å². The molecule has 1 aliphatic rings. The molecule has 0 unspecified atom stereocenters. The quantitative estimate of drug-likeness (QED) is 0.632. The van der Waals surface area contributed by atoms with Crippen LogP contribution in [-0.2, 0) is 13.8 Å². The number of carbonyl (C=O) groups is 1. The molecule has 0 aromatic carbocycles. The number of furan rings is 1. The Balaban J connectivity index is 2.16. The fourth-order valence-corrected chi connectivity index (χ4v) is 3.12. The minimum absolute atomic E-state index is 0.0865. The maximum absolute atomic E-state index is 11.7. The van der Waals surface area contributed by atoms with Gasteiger partial charge in [-0.1, -0.05) is 0 Å². The van der Waals surface area contributed by atoms with Crippen molar-refractivity contribution in [3.8, 4) is 0 Å². The summed E-state index contributed by atoms with van der Waals surface area (Å²) < 4.78 is 32.7. The molecule has 1 aromatic heterocycles. The van der Waals surface area contributed by atoms with Crippen molar-refractivity contribution in [2.45, 2.75) is 43.6 Å². The first-order valence-corrected chi connectivity index (χ1v) is 7.95. The molecule has 18 heavy (non-hydrogen) atoms. The maximum Gasteiger partial charge on any atom is 0.374 e. The van der Waals surface area contributed by atoms with Crippen LogP contribution in [0, 0.1) is 6.92 Å². The van der Waals surface area contributed by atoms with Gasteiger partial charge in [0.25, 0.3) is 9.05 Å². The van der Waals surface area contributed by atoms with Gasteiger partial charge in [-0.05, 0) is 32.6 Å². The number of esters is 1. The summed E-state index contributed by atoms with van der Waals surface area (Å²) in [4.78, 5) is 11.5. The molecule has 0 aliphatic heterocycles. The first kappa shape index (κ1) is 13.4. The van der Waals surface area contributed by atoms with Crippen LogP contribution in [-0.4, -0.2) is 20.5 Å². The Kier molecular flexibility index (Phi) is 3.68. The molecule has 100 valence electrons. The fourth-order valence-electron chi connectivity index (χ4n) is 2.02. The summed E-state index contributed by atoms with van der Waals surface area (Å²) in [5, 5.41) is 0. The van der Waals surface area contributed by atoms with Crippen molar-refractivity contribution < 1.29 is 22.4 Å². The van der Waals surface area contributed by atoms with Gasteiger partial charge >= 0.3 is 5.97 Å². The second-order valence-corrected chi connectivity index (χ2v) is 6.82. The SMILES string of the molecule is Cc1oc(C(=O)OC2CCCC2)cc1S(=O)(=O)Cl. The van der Waals surface area contributed by atoms with E-state index in [-0.39, 0.29) is 22.5 Å². The molecule has 1 aliphatic carbocycles. The number of carbonyl (C=O) groups excluding carboxylic acids is 1. The van der Waals surface area contributed by atoms with Crippen molar-refractivity contribution in [1.29, 1.82) is 0 Å². The van der Waals surface area contributed by atoms with Gasteiger partial charge in [0, 0.05) is 16.7 Å². The van der Waals surface area contributed by atoms with Crippen LogP contribution in [0.2, 0.25) is 0 Å². The van der Waals surface area contributed by atoms with Crippen molar-refractivity contribution >= 4 is 25.7 Å². The van der Waals surface area contributed by atoms with Gasteiger partial charge < -0.3 is 9.15 Å². The molecular formula is C11H13ClO5S. The lowest BCUT2D eigenvalue weighted by molar-refractivity contribution is 0.0280. The highest BCUT2D eigenvalue weighted by molar-refractivity contribution is 8.13. The molecule has 0 spiro atoms. The number of aryl methyl sites for hydroxylation is 1. The summed E-state index contributed by atoms with van der Waals surface area (Å²) in [5.74, 6) is -0.682. The van der Waals surface area contributed by atoms with E-state index >= 15 is 0 Å². The summed E-state index contributed by atoms with van der Waals surface area (Å²) >= 11 is 0. The average molecular weight is 293 g/mol. The lowest BCUT2D eigenvalue weighted by Crippen LogP contribution is -2.14. The Morgan fingerprint density at radius 2 is 2.06 bits per heavy atom. The predicted molar refractivity (Wildman–Crippen MR) is 64.2 cm³/mol. The van der Waals surface area contributed by atoms with Crippen LogP contribution in [0.1, 0.15) is 42.0 Å². The molecule has 5 nitrogen and oxygen atoms in total. The van der Waals surface area contributed by atoms with E-state index in [1.807, 2.05) is 0 Å². The third kappa shape index (κ3) is 2.87. The third-order valence-corrected chi connectivity index (χ3v) is 4.34. The van der Waals surface area contributed by atoms with E-state index in [2.05, 4.69) is 0 Å². The zero-order valence-electron chi connectivity index (χ0n) is 9.81. The molecule has 1 fully saturated rings. The second kappa shape index (κ2) is 4.93. The lowest BCUT2D eigenvalue weighted by Gasteiger charge is -2.09. The average Bonchev–Trinajstić information content (AvgIpc) is 2.85. The molecule has 1 heterocycles. The summed E-state index contributed by atoms with van der Waals surface area (Å²) in [5.41, 5.74) is 0. The Morgan fingerprint density at radius 1 is 1.44 bits per heavy atom. The Hall–Kier alpha value is -1.01. The van der Waals surface area contributed by atoms with Gasteiger partial charge in [-0.15, -0.1) is 0 Å². The topological polar surface area (TPSA) is 73.6 Å². The minimum atomic E-state index is -3.90. The third-order valence-electron chi connectivity index (χ3n) is 2.91. The lowest BCUT2D eigenvalue weighted by atomic mass is 10.3. The fraction of sp³-hybridized carbons (Fsp3) is 0.545. The molecule has 0 saturated heterocycles. The van der Waals surface area contributed by atoms with Crippen LogP contribution in [0.5, 0.6) is 0 Å². The van der Waals surface area contributed by atoms with Crippen LogP contribution < -0.4 is 0 Å². The molecule has 1 aromatic rings. The van der Waals surface area contributed by atoms with Crippen LogP contribution in [0.25, 0.3) is 0 Å². The molecule has 0 amide bonds. The first-order valence-electron chi connectivity index (χ1n) is 5.64. The van der Waals surface area contributed by atoms with Crippen LogP contribution in [0.4, 0.5) is 0 Å². The zero-order valence-corrected chi connectivity index (χ0v) is 11.4. The number of hydrogen-bond acceptors (Lipinski definition) is 5. The second-order valence-electron chi connectivity index (χ2n) is 4.28.